The minimum absolute atomic E-state index is 0.213. The molecule has 0 spiro atoms. The Bertz CT molecular complexity index is 636. The highest BCUT2D eigenvalue weighted by atomic mass is 16.5. The van der Waals surface area contributed by atoms with Crippen LogP contribution in [0.2, 0.25) is 0 Å². The van der Waals surface area contributed by atoms with E-state index in [0.717, 1.165) is 13.0 Å². The normalized spacial score (nSPS) is 14.7. The molecule has 0 saturated heterocycles. The molecular formula is C18H25N3O4. The first-order valence-electron chi connectivity index (χ1n) is 8.32. The molecule has 2 amide bonds. The number of benzene rings is 1. The van der Waals surface area contributed by atoms with Gasteiger partial charge in [0.2, 0.25) is 11.8 Å². The molecular weight excluding hydrogens is 322 g/mol. The molecule has 7 heteroatoms. The minimum Gasteiger partial charge on any atom is -0.465 e. The summed E-state index contributed by atoms with van der Waals surface area (Å²) < 4.78 is 4.63. The lowest BCUT2D eigenvalue weighted by Crippen LogP contribution is -2.40. The molecule has 1 fully saturated rings. The van der Waals surface area contributed by atoms with Gasteiger partial charge in [-0.1, -0.05) is 0 Å². The standard InChI is InChI=1S/C18H25N3O4/c1-21(2)12-4-11-19-16(23)18(9-10-18)17(24)20-14-7-5-13(6-8-14)15(22)25-3/h5-8H,4,9-12H2,1-3H3,(H,19,23)(H,20,24). The van der Waals surface area contributed by atoms with E-state index < -0.39 is 11.4 Å². The van der Waals surface area contributed by atoms with Gasteiger partial charge in [-0.05, 0) is 64.2 Å². The van der Waals surface area contributed by atoms with Crippen molar-refractivity contribution in [1.82, 2.24) is 10.2 Å². The number of nitrogens with one attached hydrogen (secondary N) is 2. The van der Waals surface area contributed by atoms with Gasteiger partial charge in [-0.2, -0.15) is 0 Å². The number of ether oxygens (including phenoxy) is 1. The Labute approximate surface area is 147 Å². The molecule has 0 aromatic heterocycles. The van der Waals surface area contributed by atoms with Gasteiger partial charge in [-0.15, -0.1) is 0 Å². The van der Waals surface area contributed by atoms with Crippen molar-refractivity contribution in [3.05, 3.63) is 29.8 Å². The second-order valence-corrected chi connectivity index (χ2v) is 6.52. The number of anilines is 1. The SMILES string of the molecule is COC(=O)c1ccc(NC(=O)C2(C(=O)NCCCN(C)C)CC2)cc1. The van der Waals surface area contributed by atoms with E-state index in [-0.39, 0.29) is 11.8 Å². The maximum absolute atomic E-state index is 12.5. The van der Waals surface area contributed by atoms with Gasteiger partial charge >= 0.3 is 5.97 Å². The van der Waals surface area contributed by atoms with Crippen LogP contribution in [0.5, 0.6) is 0 Å². The first-order chi connectivity index (χ1) is 11.9. The number of carbonyl (C=O) groups excluding carboxylic acids is 3. The summed E-state index contributed by atoms with van der Waals surface area (Å²) in [6.45, 7) is 1.44. The molecule has 0 radical (unpaired) electrons. The molecule has 0 bridgehead atoms. The molecule has 0 heterocycles. The van der Waals surface area contributed by atoms with E-state index in [1.165, 1.54) is 7.11 Å². The second kappa shape index (κ2) is 8.11. The Kier molecular flexibility index (Phi) is 6.14. The monoisotopic (exact) mass is 347 g/mol. The average Bonchev–Trinajstić information content (AvgIpc) is 3.40. The molecule has 7 nitrogen and oxygen atoms in total. The highest BCUT2D eigenvalue weighted by Gasteiger charge is 2.56. The van der Waals surface area contributed by atoms with Crippen molar-refractivity contribution in [3.63, 3.8) is 0 Å². The molecule has 1 aromatic rings. The van der Waals surface area contributed by atoms with E-state index in [1.807, 2.05) is 19.0 Å². The summed E-state index contributed by atoms with van der Waals surface area (Å²) in [4.78, 5) is 38.3. The Morgan fingerprint density at radius 1 is 1.12 bits per heavy atom. The molecule has 136 valence electrons. The Morgan fingerprint density at radius 3 is 2.28 bits per heavy atom. The predicted molar refractivity (Wildman–Crippen MR) is 94.3 cm³/mol. The largest absolute Gasteiger partial charge is 0.465 e. The number of rotatable bonds is 8. The highest BCUT2D eigenvalue weighted by molar-refractivity contribution is 6.13. The smallest absolute Gasteiger partial charge is 0.337 e. The molecule has 0 aliphatic heterocycles. The van der Waals surface area contributed by atoms with Gasteiger partial charge in [0.1, 0.15) is 5.41 Å². The molecule has 0 unspecified atom stereocenters. The van der Waals surface area contributed by atoms with Gasteiger partial charge in [0.25, 0.3) is 0 Å². The molecule has 1 aromatic carbocycles. The lowest BCUT2D eigenvalue weighted by atomic mass is 10.0. The molecule has 1 aliphatic carbocycles. The fraction of sp³-hybridized carbons (Fsp3) is 0.500. The third-order valence-corrected chi connectivity index (χ3v) is 4.25. The summed E-state index contributed by atoms with van der Waals surface area (Å²) >= 11 is 0. The van der Waals surface area contributed by atoms with Crippen molar-refractivity contribution >= 4 is 23.5 Å². The molecule has 2 rings (SSSR count). The number of hydrogen-bond donors (Lipinski definition) is 2. The first kappa shape index (κ1) is 18.9. The summed E-state index contributed by atoms with van der Waals surface area (Å²) in [7, 11) is 5.26. The zero-order chi connectivity index (χ0) is 18.4. The van der Waals surface area contributed by atoms with Gasteiger partial charge in [0.05, 0.1) is 12.7 Å². The van der Waals surface area contributed by atoms with Crippen LogP contribution in [0.25, 0.3) is 0 Å². The highest BCUT2D eigenvalue weighted by Crippen LogP contribution is 2.46. The summed E-state index contributed by atoms with van der Waals surface area (Å²) in [5, 5.41) is 5.61. The van der Waals surface area contributed by atoms with Crippen LogP contribution in [-0.4, -0.2) is 57.0 Å². The third-order valence-electron chi connectivity index (χ3n) is 4.25. The van der Waals surface area contributed by atoms with Gasteiger partial charge in [0, 0.05) is 12.2 Å². The fourth-order valence-electron chi connectivity index (χ4n) is 2.51. The number of carbonyl (C=O) groups is 3. The van der Waals surface area contributed by atoms with Crippen LogP contribution in [-0.2, 0) is 14.3 Å². The Hall–Kier alpha value is -2.41. The molecule has 1 saturated carbocycles. The number of methoxy groups -OCH3 is 1. The zero-order valence-corrected chi connectivity index (χ0v) is 14.9. The van der Waals surface area contributed by atoms with Gasteiger partial charge in [-0.3, -0.25) is 9.59 Å². The lowest BCUT2D eigenvalue weighted by molar-refractivity contribution is -0.134. The van der Waals surface area contributed by atoms with Crippen molar-refractivity contribution in [1.29, 1.82) is 0 Å². The van der Waals surface area contributed by atoms with Crippen molar-refractivity contribution in [3.8, 4) is 0 Å². The van der Waals surface area contributed by atoms with E-state index in [2.05, 4.69) is 15.4 Å². The number of esters is 1. The minimum atomic E-state index is -0.959. The van der Waals surface area contributed by atoms with E-state index in [4.69, 9.17) is 0 Å². The summed E-state index contributed by atoms with van der Waals surface area (Å²) in [5.41, 5.74) is -0.0105. The Balaban J connectivity index is 1.89. The number of amides is 2. The molecule has 2 N–H and O–H groups in total. The van der Waals surface area contributed by atoms with Crippen molar-refractivity contribution in [2.24, 2.45) is 5.41 Å². The van der Waals surface area contributed by atoms with E-state index in [9.17, 15) is 14.4 Å². The molecule has 25 heavy (non-hydrogen) atoms. The van der Waals surface area contributed by atoms with Gasteiger partial charge in [0.15, 0.2) is 0 Å². The zero-order valence-electron chi connectivity index (χ0n) is 14.9. The maximum Gasteiger partial charge on any atom is 0.337 e. The van der Waals surface area contributed by atoms with Crippen LogP contribution in [0.4, 0.5) is 5.69 Å². The van der Waals surface area contributed by atoms with Crippen LogP contribution >= 0.6 is 0 Å². The summed E-state index contributed by atoms with van der Waals surface area (Å²) in [5.74, 6) is -0.952. The second-order valence-electron chi connectivity index (χ2n) is 6.52. The van der Waals surface area contributed by atoms with Crippen LogP contribution < -0.4 is 10.6 Å². The van der Waals surface area contributed by atoms with Crippen LogP contribution in [0.15, 0.2) is 24.3 Å². The molecule has 0 atom stereocenters. The summed E-state index contributed by atoms with van der Waals surface area (Å²) in [6.07, 6.45) is 1.95. The van der Waals surface area contributed by atoms with Crippen molar-refractivity contribution < 1.29 is 19.1 Å². The average molecular weight is 347 g/mol. The quantitative estimate of drug-likeness (QED) is 0.420. The van der Waals surface area contributed by atoms with Gasteiger partial charge < -0.3 is 20.3 Å². The third kappa shape index (κ3) is 4.79. The summed E-state index contributed by atoms with van der Waals surface area (Å²) in [6, 6.07) is 6.38. The van der Waals surface area contributed by atoms with Crippen LogP contribution in [0, 0.1) is 5.41 Å². The Morgan fingerprint density at radius 2 is 1.76 bits per heavy atom. The van der Waals surface area contributed by atoms with Crippen molar-refractivity contribution in [2.75, 3.05) is 39.6 Å². The van der Waals surface area contributed by atoms with Crippen LogP contribution in [0.3, 0.4) is 0 Å². The number of nitrogens with zero attached hydrogens (tertiary/aromatic N) is 1. The predicted octanol–water partition coefficient (Wildman–Crippen LogP) is 1.26. The van der Waals surface area contributed by atoms with Crippen molar-refractivity contribution in [2.45, 2.75) is 19.3 Å². The topological polar surface area (TPSA) is 87.7 Å². The fourth-order valence-corrected chi connectivity index (χ4v) is 2.51. The van der Waals surface area contributed by atoms with E-state index in [0.29, 0.717) is 30.6 Å². The number of hydrogen-bond acceptors (Lipinski definition) is 5. The molecule has 1 aliphatic rings. The first-order valence-corrected chi connectivity index (χ1v) is 8.32. The maximum atomic E-state index is 12.5. The van der Waals surface area contributed by atoms with Crippen LogP contribution in [0.1, 0.15) is 29.6 Å². The van der Waals surface area contributed by atoms with E-state index >= 15 is 0 Å². The van der Waals surface area contributed by atoms with Gasteiger partial charge in [-0.25, -0.2) is 4.79 Å². The van der Waals surface area contributed by atoms with E-state index in [1.54, 1.807) is 24.3 Å². The lowest BCUT2D eigenvalue weighted by Gasteiger charge is -2.16.